The zero-order valence-corrected chi connectivity index (χ0v) is 27.4. The highest BCUT2D eigenvalue weighted by atomic mass is 16.5. The van der Waals surface area contributed by atoms with Gasteiger partial charge in [-0.1, -0.05) is 141 Å². The van der Waals surface area contributed by atoms with Crippen molar-refractivity contribution in [1.82, 2.24) is 0 Å². The number of carbonyl (C=O) groups excluding carboxylic acids is 1. The summed E-state index contributed by atoms with van der Waals surface area (Å²) in [5, 5.41) is 8.96. The standard InChI is InChI=1S/C37H68O4/c1-3-5-7-9-11-13-14-15-16-17-18-19-20-21-22-23-25-27-29-34-37(40)41-35(32-30-33-36(38)39)31-28-26-24-12-10-8-6-4-2/h11,13,15-16,35H,3-10,12,14,17-34H2,1-2H3,(H,38,39)/b13-11-,16-15-. The highest BCUT2D eigenvalue weighted by Crippen LogP contribution is 2.18. The van der Waals surface area contributed by atoms with Gasteiger partial charge in [-0.3, -0.25) is 9.59 Å². The Bertz CT molecular complexity index is 624. The Morgan fingerprint density at radius 2 is 0.976 bits per heavy atom. The predicted molar refractivity (Wildman–Crippen MR) is 176 cm³/mol. The third-order valence-electron chi connectivity index (χ3n) is 7.93. The summed E-state index contributed by atoms with van der Waals surface area (Å²) in [5.74, 6) is -0.867. The molecule has 0 radical (unpaired) electrons. The van der Waals surface area contributed by atoms with Gasteiger partial charge in [0, 0.05) is 12.8 Å². The summed E-state index contributed by atoms with van der Waals surface area (Å²) < 4.78 is 5.79. The van der Waals surface area contributed by atoms with Crippen molar-refractivity contribution in [3.8, 4) is 0 Å². The van der Waals surface area contributed by atoms with Gasteiger partial charge in [-0.2, -0.15) is 0 Å². The van der Waals surface area contributed by atoms with Crippen LogP contribution in [0.3, 0.4) is 0 Å². The predicted octanol–water partition coefficient (Wildman–Crippen LogP) is 12.1. The molecule has 0 aromatic rings. The first-order valence-corrected chi connectivity index (χ1v) is 17.8. The molecule has 0 aromatic carbocycles. The smallest absolute Gasteiger partial charge is 0.306 e. The minimum Gasteiger partial charge on any atom is -0.481 e. The van der Waals surface area contributed by atoms with Gasteiger partial charge in [-0.25, -0.2) is 0 Å². The number of ether oxygens (including phenoxy) is 1. The van der Waals surface area contributed by atoms with Gasteiger partial charge in [0.25, 0.3) is 0 Å². The number of hydrogen-bond acceptors (Lipinski definition) is 3. The average molecular weight is 577 g/mol. The second kappa shape index (κ2) is 32.9. The van der Waals surface area contributed by atoms with Crippen molar-refractivity contribution in [3.63, 3.8) is 0 Å². The molecule has 1 N–H and O–H groups in total. The van der Waals surface area contributed by atoms with E-state index in [1.165, 1.54) is 122 Å². The molecule has 0 aliphatic rings. The fourth-order valence-corrected chi connectivity index (χ4v) is 5.28. The number of esters is 1. The third-order valence-corrected chi connectivity index (χ3v) is 7.93. The van der Waals surface area contributed by atoms with E-state index in [2.05, 4.69) is 38.2 Å². The van der Waals surface area contributed by atoms with Crippen LogP contribution >= 0.6 is 0 Å². The van der Waals surface area contributed by atoms with Crippen LogP contribution in [-0.2, 0) is 14.3 Å². The molecule has 0 aromatic heterocycles. The number of carboxylic acid groups (broad SMARTS) is 1. The molecule has 4 nitrogen and oxygen atoms in total. The summed E-state index contributed by atoms with van der Waals surface area (Å²) in [5.41, 5.74) is 0. The average Bonchev–Trinajstić information content (AvgIpc) is 2.95. The lowest BCUT2D eigenvalue weighted by Gasteiger charge is -2.18. The lowest BCUT2D eigenvalue weighted by Crippen LogP contribution is -2.18. The highest BCUT2D eigenvalue weighted by molar-refractivity contribution is 5.69. The molecule has 0 saturated heterocycles. The number of aliphatic carboxylic acids is 1. The van der Waals surface area contributed by atoms with Crippen LogP contribution in [0.1, 0.15) is 194 Å². The van der Waals surface area contributed by atoms with E-state index in [1.54, 1.807) is 0 Å². The monoisotopic (exact) mass is 577 g/mol. The molecule has 0 bridgehead atoms. The quantitative estimate of drug-likeness (QED) is 0.0491. The minimum absolute atomic E-state index is 0.0954. The maximum Gasteiger partial charge on any atom is 0.306 e. The second-order valence-corrected chi connectivity index (χ2v) is 12.1. The zero-order valence-electron chi connectivity index (χ0n) is 27.4. The summed E-state index contributed by atoms with van der Waals surface area (Å²) in [4.78, 5) is 23.3. The molecule has 1 atom stereocenters. The molecule has 0 aliphatic carbocycles. The summed E-state index contributed by atoms with van der Waals surface area (Å²) in [6, 6.07) is 0. The van der Waals surface area contributed by atoms with Crippen molar-refractivity contribution in [2.24, 2.45) is 0 Å². The van der Waals surface area contributed by atoms with Crippen LogP contribution in [0, 0.1) is 0 Å². The van der Waals surface area contributed by atoms with Crippen LogP contribution in [0.5, 0.6) is 0 Å². The van der Waals surface area contributed by atoms with E-state index >= 15 is 0 Å². The number of carbonyl (C=O) groups is 2. The first-order chi connectivity index (χ1) is 20.1. The third kappa shape index (κ3) is 32.8. The van der Waals surface area contributed by atoms with E-state index in [0.717, 1.165) is 32.1 Å². The van der Waals surface area contributed by atoms with Gasteiger partial charge in [0.05, 0.1) is 0 Å². The summed E-state index contributed by atoms with van der Waals surface area (Å²) >= 11 is 0. The zero-order chi connectivity index (χ0) is 30.1. The topological polar surface area (TPSA) is 63.6 Å². The molecule has 0 fully saturated rings. The lowest BCUT2D eigenvalue weighted by molar-refractivity contribution is -0.150. The molecule has 240 valence electrons. The van der Waals surface area contributed by atoms with Crippen LogP contribution in [-0.4, -0.2) is 23.1 Å². The van der Waals surface area contributed by atoms with Crippen LogP contribution in [0.4, 0.5) is 0 Å². The molecule has 0 amide bonds. The highest BCUT2D eigenvalue weighted by Gasteiger charge is 2.15. The van der Waals surface area contributed by atoms with Crippen molar-refractivity contribution in [1.29, 1.82) is 0 Å². The van der Waals surface area contributed by atoms with Gasteiger partial charge < -0.3 is 9.84 Å². The van der Waals surface area contributed by atoms with E-state index < -0.39 is 5.97 Å². The van der Waals surface area contributed by atoms with Crippen molar-refractivity contribution < 1.29 is 19.4 Å². The molecular formula is C37H68O4. The maximum absolute atomic E-state index is 12.4. The molecule has 41 heavy (non-hydrogen) atoms. The Labute approximate surface area is 255 Å². The van der Waals surface area contributed by atoms with Crippen molar-refractivity contribution >= 4 is 11.9 Å². The number of unbranched alkanes of at least 4 members (excludes halogenated alkanes) is 19. The number of hydrogen-bond donors (Lipinski definition) is 1. The number of rotatable bonds is 32. The van der Waals surface area contributed by atoms with Crippen LogP contribution < -0.4 is 0 Å². The van der Waals surface area contributed by atoms with E-state index in [1.807, 2.05) is 0 Å². The van der Waals surface area contributed by atoms with Crippen LogP contribution in [0.2, 0.25) is 0 Å². The fraction of sp³-hybridized carbons (Fsp3) is 0.838. The fourth-order valence-electron chi connectivity index (χ4n) is 5.28. The Morgan fingerprint density at radius 1 is 0.537 bits per heavy atom. The summed E-state index contributed by atoms with van der Waals surface area (Å²) in [6.45, 7) is 4.49. The number of allylic oxidation sites excluding steroid dienone is 4. The number of carboxylic acids is 1. The van der Waals surface area contributed by atoms with Gasteiger partial charge in [0.2, 0.25) is 0 Å². The van der Waals surface area contributed by atoms with Crippen molar-refractivity contribution in [3.05, 3.63) is 24.3 Å². The normalized spacial score (nSPS) is 12.4. The Balaban J connectivity index is 3.74. The largest absolute Gasteiger partial charge is 0.481 e. The van der Waals surface area contributed by atoms with Gasteiger partial charge in [-0.15, -0.1) is 0 Å². The van der Waals surface area contributed by atoms with Crippen LogP contribution in [0.25, 0.3) is 0 Å². The van der Waals surface area contributed by atoms with Gasteiger partial charge in [0.1, 0.15) is 6.10 Å². The van der Waals surface area contributed by atoms with Crippen LogP contribution in [0.15, 0.2) is 24.3 Å². The summed E-state index contributed by atoms with van der Waals surface area (Å²) in [7, 11) is 0. The molecule has 0 rings (SSSR count). The molecule has 0 saturated carbocycles. The van der Waals surface area contributed by atoms with Gasteiger partial charge in [-0.05, 0) is 64.2 Å². The van der Waals surface area contributed by atoms with E-state index in [-0.39, 0.29) is 18.5 Å². The molecule has 4 heteroatoms. The Morgan fingerprint density at radius 3 is 1.54 bits per heavy atom. The molecule has 0 aliphatic heterocycles. The van der Waals surface area contributed by atoms with Gasteiger partial charge in [0.15, 0.2) is 0 Å². The van der Waals surface area contributed by atoms with Crippen molar-refractivity contribution in [2.75, 3.05) is 0 Å². The molecular weight excluding hydrogens is 508 g/mol. The Hall–Kier alpha value is -1.58. The van der Waals surface area contributed by atoms with Crippen molar-refractivity contribution in [2.45, 2.75) is 200 Å². The van der Waals surface area contributed by atoms with E-state index in [0.29, 0.717) is 19.3 Å². The SMILES string of the molecule is CCCCC/C=C\C/C=C\CCCCCCCCCCCC(=O)OC(CCCCCCCCCC)CCCC(=O)O. The molecule has 1 unspecified atom stereocenters. The first-order valence-electron chi connectivity index (χ1n) is 17.8. The lowest BCUT2D eigenvalue weighted by atomic mass is 10.0. The second-order valence-electron chi connectivity index (χ2n) is 12.1. The van der Waals surface area contributed by atoms with E-state index in [9.17, 15) is 9.59 Å². The summed E-state index contributed by atoms with van der Waals surface area (Å²) in [6.07, 6.45) is 40.5. The maximum atomic E-state index is 12.4. The van der Waals surface area contributed by atoms with Gasteiger partial charge >= 0.3 is 11.9 Å². The van der Waals surface area contributed by atoms with E-state index in [4.69, 9.17) is 9.84 Å². The Kier molecular flexibility index (Phi) is 31.7. The first kappa shape index (κ1) is 39.4. The molecule has 0 spiro atoms. The minimum atomic E-state index is -0.772. The molecule has 0 heterocycles.